The van der Waals surface area contributed by atoms with Crippen LogP contribution in [0.3, 0.4) is 0 Å². The summed E-state index contributed by atoms with van der Waals surface area (Å²) < 4.78 is 16.0. The van der Waals surface area contributed by atoms with Crippen LogP contribution in [0.15, 0.2) is 54.7 Å². The Labute approximate surface area is 252 Å². The van der Waals surface area contributed by atoms with Crippen LogP contribution in [0, 0.1) is 13.8 Å². The van der Waals surface area contributed by atoms with E-state index >= 15 is 0 Å². The van der Waals surface area contributed by atoms with E-state index in [-0.39, 0.29) is 19.6 Å². The van der Waals surface area contributed by atoms with Crippen LogP contribution < -0.4 is 10.6 Å². The van der Waals surface area contributed by atoms with Crippen molar-refractivity contribution >= 4 is 23.4 Å². The third-order valence-corrected chi connectivity index (χ3v) is 7.41. The van der Waals surface area contributed by atoms with Gasteiger partial charge in [0.1, 0.15) is 23.2 Å². The van der Waals surface area contributed by atoms with Crippen molar-refractivity contribution in [2.24, 2.45) is 5.73 Å². The molecule has 0 radical (unpaired) electrons. The molecule has 3 N–H and O–H groups in total. The largest absolute Gasteiger partial charge is 0.481 e. The zero-order chi connectivity index (χ0) is 30.8. The summed E-state index contributed by atoms with van der Waals surface area (Å²) >= 11 is 0. The van der Waals surface area contributed by atoms with Gasteiger partial charge in [-0.25, -0.2) is 14.3 Å². The molecule has 44 heavy (non-hydrogen) atoms. The first-order valence-corrected chi connectivity index (χ1v) is 14.3. The molecule has 228 valence electrons. The Morgan fingerprint density at radius 3 is 2.59 bits per heavy atom. The standard InChI is InChI=1S/C30H33N9O5/c1-19-4-3-5-21(14-19)23-8-9-37(33-23)26-17-28(36-10-12-43-13-11-36)39-27(32-26)16-25(35-39)24-15-20(2)38(34-24)18-44-30(42)22(31)6-7-29(40)41/h3-5,8-9,14-17,22H,6-7,10-13,18,31H2,1-2H3,(H,40,41). The number of carboxylic acid groups (broad SMARTS) is 1. The lowest BCUT2D eigenvalue weighted by Gasteiger charge is -2.29. The van der Waals surface area contributed by atoms with Gasteiger partial charge < -0.3 is 25.2 Å². The predicted molar refractivity (Wildman–Crippen MR) is 160 cm³/mol. The van der Waals surface area contributed by atoms with Gasteiger partial charge >= 0.3 is 11.9 Å². The molecule has 0 spiro atoms. The number of fused-ring (bicyclic) bond motifs is 1. The maximum absolute atomic E-state index is 12.2. The fraction of sp³-hybridized carbons (Fsp3) is 0.333. The number of morpholine rings is 1. The zero-order valence-electron chi connectivity index (χ0n) is 24.5. The van der Waals surface area contributed by atoms with Crippen LogP contribution >= 0.6 is 0 Å². The Morgan fingerprint density at radius 2 is 1.82 bits per heavy atom. The van der Waals surface area contributed by atoms with Gasteiger partial charge in [0.25, 0.3) is 0 Å². The number of aryl methyl sites for hydroxylation is 2. The molecule has 1 fully saturated rings. The first kappa shape index (κ1) is 29.0. The molecule has 14 nitrogen and oxygen atoms in total. The number of carboxylic acids is 1. The average Bonchev–Trinajstić information content (AvgIpc) is 3.77. The number of carbonyl (C=O) groups is 2. The first-order valence-electron chi connectivity index (χ1n) is 14.3. The van der Waals surface area contributed by atoms with Crippen molar-refractivity contribution in [3.05, 3.63) is 66.0 Å². The molecule has 1 aliphatic rings. The summed E-state index contributed by atoms with van der Waals surface area (Å²) in [6, 6.07) is 14.8. The van der Waals surface area contributed by atoms with E-state index in [1.807, 2.05) is 49.5 Å². The fourth-order valence-electron chi connectivity index (χ4n) is 5.01. The molecule has 0 aliphatic carbocycles. The van der Waals surface area contributed by atoms with Gasteiger partial charge in [-0.3, -0.25) is 9.59 Å². The lowest BCUT2D eigenvalue weighted by molar-refractivity contribution is -0.150. The number of hydrogen-bond acceptors (Lipinski definition) is 10. The highest BCUT2D eigenvalue weighted by Crippen LogP contribution is 2.26. The van der Waals surface area contributed by atoms with E-state index in [0.717, 1.165) is 28.3 Å². The minimum atomic E-state index is -1.03. The van der Waals surface area contributed by atoms with Gasteiger partial charge in [0.2, 0.25) is 0 Å². The lowest BCUT2D eigenvalue weighted by atomic mass is 10.1. The van der Waals surface area contributed by atoms with E-state index < -0.39 is 18.0 Å². The number of aromatic nitrogens is 7. The van der Waals surface area contributed by atoms with E-state index in [0.29, 0.717) is 49.2 Å². The number of hydrogen-bond donors (Lipinski definition) is 2. The van der Waals surface area contributed by atoms with Crippen molar-refractivity contribution in [1.82, 2.24) is 34.2 Å². The Morgan fingerprint density at radius 1 is 1.02 bits per heavy atom. The second-order valence-electron chi connectivity index (χ2n) is 10.7. The van der Waals surface area contributed by atoms with Crippen LogP contribution in [0.25, 0.3) is 34.1 Å². The maximum atomic E-state index is 12.2. The Kier molecular flexibility index (Phi) is 8.09. The second kappa shape index (κ2) is 12.3. The van der Waals surface area contributed by atoms with Crippen LogP contribution in [-0.4, -0.2) is 83.5 Å². The highest BCUT2D eigenvalue weighted by molar-refractivity contribution is 5.76. The molecular formula is C30H33N9O5. The molecule has 1 aliphatic heterocycles. The molecule has 0 bridgehead atoms. The fourth-order valence-corrected chi connectivity index (χ4v) is 5.01. The number of aliphatic carboxylic acids is 1. The number of ether oxygens (including phenoxy) is 2. The number of carbonyl (C=O) groups excluding carboxylic acids is 1. The maximum Gasteiger partial charge on any atom is 0.324 e. The zero-order valence-corrected chi connectivity index (χ0v) is 24.5. The van der Waals surface area contributed by atoms with Crippen LogP contribution in [-0.2, 0) is 25.8 Å². The molecule has 0 saturated carbocycles. The van der Waals surface area contributed by atoms with E-state index in [1.54, 1.807) is 9.20 Å². The Bertz CT molecular complexity index is 1820. The highest BCUT2D eigenvalue weighted by atomic mass is 16.5. The summed E-state index contributed by atoms with van der Waals surface area (Å²) in [5.41, 5.74) is 11.3. The van der Waals surface area contributed by atoms with Crippen molar-refractivity contribution in [2.75, 3.05) is 31.2 Å². The molecule has 5 aromatic rings. The van der Waals surface area contributed by atoms with Crippen LogP contribution in [0.4, 0.5) is 5.82 Å². The molecule has 1 aromatic carbocycles. The van der Waals surface area contributed by atoms with Crippen molar-refractivity contribution in [3.63, 3.8) is 0 Å². The quantitative estimate of drug-likeness (QED) is 0.226. The summed E-state index contributed by atoms with van der Waals surface area (Å²) in [7, 11) is 0. The van der Waals surface area contributed by atoms with Gasteiger partial charge in [-0.2, -0.15) is 19.8 Å². The van der Waals surface area contributed by atoms with Gasteiger partial charge in [0, 0.05) is 49.1 Å². The predicted octanol–water partition coefficient (Wildman–Crippen LogP) is 2.59. The number of rotatable bonds is 10. The minimum absolute atomic E-state index is 0.00894. The van der Waals surface area contributed by atoms with Crippen LogP contribution in [0.5, 0.6) is 0 Å². The third-order valence-electron chi connectivity index (χ3n) is 7.41. The summed E-state index contributed by atoms with van der Waals surface area (Å²) in [5, 5.41) is 23.1. The molecule has 1 unspecified atom stereocenters. The Hall–Kier alpha value is -5.08. The lowest BCUT2D eigenvalue weighted by Crippen LogP contribution is -2.37. The number of esters is 1. The first-order chi connectivity index (χ1) is 21.2. The van der Waals surface area contributed by atoms with E-state index in [9.17, 15) is 9.59 Å². The summed E-state index contributed by atoms with van der Waals surface area (Å²) in [4.78, 5) is 30.1. The van der Waals surface area contributed by atoms with Crippen molar-refractivity contribution in [1.29, 1.82) is 0 Å². The van der Waals surface area contributed by atoms with E-state index in [2.05, 4.69) is 29.1 Å². The average molecular weight is 600 g/mol. The highest BCUT2D eigenvalue weighted by Gasteiger charge is 2.21. The molecule has 5 heterocycles. The monoisotopic (exact) mass is 599 g/mol. The molecule has 6 rings (SSSR count). The van der Waals surface area contributed by atoms with Crippen LogP contribution in [0.2, 0.25) is 0 Å². The van der Waals surface area contributed by atoms with Crippen molar-refractivity contribution in [3.8, 4) is 28.5 Å². The van der Waals surface area contributed by atoms with E-state index in [1.165, 1.54) is 4.68 Å². The summed E-state index contributed by atoms with van der Waals surface area (Å²) in [5.74, 6) is -0.209. The van der Waals surface area contributed by atoms with Crippen molar-refractivity contribution in [2.45, 2.75) is 39.5 Å². The number of nitrogens with zero attached hydrogens (tertiary/aromatic N) is 8. The molecule has 0 amide bonds. The van der Waals surface area contributed by atoms with Crippen molar-refractivity contribution < 1.29 is 24.2 Å². The normalized spacial score (nSPS) is 14.2. The molecule has 14 heteroatoms. The second-order valence-corrected chi connectivity index (χ2v) is 10.7. The minimum Gasteiger partial charge on any atom is -0.481 e. The van der Waals surface area contributed by atoms with Gasteiger partial charge in [-0.1, -0.05) is 23.8 Å². The van der Waals surface area contributed by atoms with Crippen LogP contribution in [0.1, 0.15) is 24.1 Å². The van der Waals surface area contributed by atoms with Gasteiger partial charge in [0.15, 0.2) is 18.2 Å². The molecular weight excluding hydrogens is 566 g/mol. The van der Waals surface area contributed by atoms with E-state index in [4.69, 9.17) is 35.5 Å². The number of nitrogens with two attached hydrogens (primary N) is 1. The third kappa shape index (κ3) is 6.16. The molecule has 4 aromatic heterocycles. The van der Waals surface area contributed by atoms with Gasteiger partial charge in [0.05, 0.1) is 18.9 Å². The summed E-state index contributed by atoms with van der Waals surface area (Å²) in [6.07, 6.45) is 1.67. The number of anilines is 1. The number of benzene rings is 1. The topological polar surface area (TPSA) is 168 Å². The SMILES string of the molecule is Cc1cccc(-c2ccn(-c3cc(N4CCOCC4)n4nc(-c5cc(C)n(COC(=O)C(N)CCC(=O)O)n5)cc4n3)n2)c1. The Balaban J connectivity index is 1.29. The van der Waals surface area contributed by atoms with Gasteiger partial charge in [-0.05, 0) is 38.5 Å². The van der Waals surface area contributed by atoms with Gasteiger partial charge in [-0.15, -0.1) is 0 Å². The molecule has 1 atom stereocenters. The smallest absolute Gasteiger partial charge is 0.324 e. The summed E-state index contributed by atoms with van der Waals surface area (Å²) in [6.45, 7) is 6.35. The molecule has 1 saturated heterocycles.